The molecule has 2 heterocycles. The van der Waals surface area contributed by atoms with Gasteiger partial charge in [-0.3, -0.25) is 14.7 Å². The van der Waals surface area contributed by atoms with Crippen LogP contribution in [0.1, 0.15) is 55.7 Å². The monoisotopic (exact) mass is 475 g/mol. The SMILES string of the molecule is CC(CC(C)c1cnccc1/C(C=N)=C/NC1CC1)C(=O)Nc1ccc(CN2CCOCC2)cc1. The zero-order valence-corrected chi connectivity index (χ0v) is 20.8. The van der Waals surface area contributed by atoms with E-state index in [0.717, 1.165) is 55.2 Å². The third kappa shape index (κ3) is 7.23. The van der Waals surface area contributed by atoms with Gasteiger partial charge in [0, 0.05) is 67.7 Å². The molecule has 2 aliphatic rings. The molecule has 3 N–H and O–H groups in total. The fraction of sp³-hybridized carbons (Fsp3) is 0.464. The summed E-state index contributed by atoms with van der Waals surface area (Å²) in [5, 5.41) is 14.3. The maximum Gasteiger partial charge on any atom is 0.227 e. The Morgan fingerprint density at radius 3 is 2.63 bits per heavy atom. The zero-order valence-electron chi connectivity index (χ0n) is 20.8. The maximum absolute atomic E-state index is 12.9. The van der Waals surface area contributed by atoms with Crippen molar-refractivity contribution in [2.75, 3.05) is 31.6 Å². The van der Waals surface area contributed by atoms with Gasteiger partial charge < -0.3 is 20.8 Å². The summed E-state index contributed by atoms with van der Waals surface area (Å²) in [6, 6.07) is 10.6. The van der Waals surface area contributed by atoms with Gasteiger partial charge in [-0.2, -0.15) is 0 Å². The number of allylic oxidation sites excluding steroid dienone is 1. The quantitative estimate of drug-likeness (QED) is 0.419. The van der Waals surface area contributed by atoms with Crippen LogP contribution >= 0.6 is 0 Å². The minimum atomic E-state index is -0.164. The average molecular weight is 476 g/mol. The van der Waals surface area contributed by atoms with E-state index in [-0.39, 0.29) is 17.7 Å². The summed E-state index contributed by atoms with van der Waals surface area (Å²) < 4.78 is 5.42. The average Bonchev–Trinajstić information content (AvgIpc) is 3.71. The van der Waals surface area contributed by atoms with Crippen LogP contribution in [-0.2, 0) is 16.1 Å². The number of nitrogens with zero attached hydrogens (tertiary/aromatic N) is 2. The van der Waals surface area contributed by atoms with Gasteiger partial charge in [-0.1, -0.05) is 26.0 Å². The maximum atomic E-state index is 12.9. The second kappa shape index (κ2) is 12.1. The fourth-order valence-corrected chi connectivity index (χ4v) is 4.46. The van der Waals surface area contributed by atoms with Gasteiger partial charge in [0.05, 0.1) is 13.2 Å². The summed E-state index contributed by atoms with van der Waals surface area (Å²) in [5.74, 6) is -0.0239. The van der Waals surface area contributed by atoms with E-state index < -0.39 is 0 Å². The first-order chi connectivity index (χ1) is 17.0. The first-order valence-corrected chi connectivity index (χ1v) is 12.6. The van der Waals surface area contributed by atoms with E-state index in [1.54, 1.807) is 6.20 Å². The van der Waals surface area contributed by atoms with Crippen molar-refractivity contribution in [1.82, 2.24) is 15.2 Å². The molecule has 7 heteroatoms. The van der Waals surface area contributed by atoms with Crippen molar-refractivity contribution in [2.24, 2.45) is 5.92 Å². The van der Waals surface area contributed by atoms with Gasteiger partial charge >= 0.3 is 0 Å². The van der Waals surface area contributed by atoms with Crippen LogP contribution in [0, 0.1) is 11.3 Å². The predicted octanol–water partition coefficient (Wildman–Crippen LogP) is 4.42. The Hall–Kier alpha value is -3.03. The molecule has 1 saturated carbocycles. The summed E-state index contributed by atoms with van der Waals surface area (Å²) in [5.41, 5.74) is 4.96. The summed E-state index contributed by atoms with van der Waals surface area (Å²) >= 11 is 0. The van der Waals surface area contributed by atoms with Crippen molar-refractivity contribution in [1.29, 1.82) is 5.41 Å². The largest absolute Gasteiger partial charge is 0.388 e. The number of nitrogens with one attached hydrogen (secondary N) is 3. The molecule has 1 aromatic carbocycles. The molecule has 1 aromatic heterocycles. The highest BCUT2D eigenvalue weighted by molar-refractivity contribution is 6.08. The van der Waals surface area contributed by atoms with Gasteiger partial charge in [-0.05, 0) is 60.1 Å². The second-order valence-corrected chi connectivity index (χ2v) is 9.76. The van der Waals surface area contributed by atoms with Gasteiger partial charge in [-0.15, -0.1) is 0 Å². The van der Waals surface area contributed by atoms with Crippen LogP contribution in [0.5, 0.6) is 0 Å². The standard InChI is InChI=1S/C28H37N5O2/c1-20(27-18-30-10-9-26(27)23(16-29)17-31-24-7-8-24)15-21(2)28(34)32-25-5-3-22(4-6-25)19-33-11-13-35-14-12-33/h3-6,9-10,16-18,20-21,24,29,31H,7-8,11-15,19H2,1-2H3,(H,32,34)/b23-17+,29-16?. The minimum Gasteiger partial charge on any atom is -0.388 e. The number of benzene rings is 1. The van der Waals surface area contributed by atoms with E-state index in [4.69, 9.17) is 10.1 Å². The second-order valence-electron chi connectivity index (χ2n) is 9.76. The molecule has 2 fully saturated rings. The Bertz CT molecular complexity index is 1030. The molecule has 35 heavy (non-hydrogen) atoms. The third-order valence-electron chi connectivity index (χ3n) is 6.79. The van der Waals surface area contributed by atoms with Crippen LogP contribution in [0.4, 0.5) is 5.69 Å². The summed E-state index contributed by atoms with van der Waals surface area (Å²) in [6.45, 7) is 8.50. The molecule has 2 atom stereocenters. The number of hydrogen-bond acceptors (Lipinski definition) is 6. The molecule has 7 nitrogen and oxygen atoms in total. The number of carbonyl (C=O) groups is 1. The highest BCUT2D eigenvalue weighted by Crippen LogP contribution is 2.30. The number of pyridine rings is 1. The van der Waals surface area contributed by atoms with Crippen molar-refractivity contribution < 1.29 is 9.53 Å². The molecule has 1 aliphatic heterocycles. The van der Waals surface area contributed by atoms with Gasteiger partial charge in [0.15, 0.2) is 0 Å². The molecule has 0 radical (unpaired) electrons. The van der Waals surface area contributed by atoms with Crippen LogP contribution in [-0.4, -0.2) is 54.4 Å². The molecular formula is C28H37N5O2. The highest BCUT2D eigenvalue weighted by atomic mass is 16.5. The van der Waals surface area contributed by atoms with Crippen LogP contribution in [0.2, 0.25) is 0 Å². The number of ether oxygens (including phenoxy) is 1. The molecule has 4 rings (SSSR count). The molecule has 1 aliphatic carbocycles. The third-order valence-corrected chi connectivity index (χ3v) is 6.79. The van der Waals surface area contributed by atoms with Gasteiger partial charge in [0.2, 0.25) is 5.91 Å². The number of morpholine rings is 1. The van der Waals surface area contributed by atoms with E-state index in [9.17, 15) is 4.79 Å². The number of rotatable bonds is 11. The lowest BCUT2D eigenvalue weighted by Gasteiger charge is -2.26. The number of carbonyl (C=O) groups excluding carboxylic acids is 1. The fourth-order valence-electron chi connectivity index (χ4n) is 4.46. The predicted molar refractivity (Wildman–Crippen MR) is 141 cm³/mol. The molecule has 186 valence electrons. The van der Waals surface area contributed by atoms with Crippen molar-refractivity contribution in [2.45, 2.75) is 51.6 Å². The smallest absolute Gasteiger partial charge is 0.227 e. The van der Waals surface area contributed by atoms with Crippen molar-refractivity contribution in [3.63, 3.8) is 0 Å². The molecular weight excluding hydrogens is 438 g/mol. The normalized spacial score (nSPS) is 18.5. The Labute approximate surface area is 208 Å². The van der Waals surface area contributed by atoms with E-state index in [1.165, 1.54) is 24.6 Å². The molecule has 2 aromatic rings. The number of amides is 1. The molecule has 1 saturated heterocycles. The molecule has 0 spiro atoms. The summed E-state index contributed by atoms with van der Waals surface area (Å²) in [6.07, 6.45) is 10.0. The van der Waals surface area contributed by atoms with Crippen LogP contribution in [0.25, 0.3) is 5.57 Å². The minimum absolute atomic E-state index is 0.0152. The zero-order chi connectivity index (χ0) is 24.6. The topological polar surface area (TPSA) is 90.3 Å². The van der Waals surface area contributed by atoms with Gasteiger partial charge in [0.25, 0.3) is 0 Å². The van der Waals surface area contributed by atoms with Gasteiger partial charge in [0.1, 0.15) is 0 Å². The van der Waals surface area contributed by atoms with E-state index in [2.05, 4.69) is 39.6 Å². The van der Waals surface area contributed by atoms with Crippen LogP contribution in [0.15, 0.2) is 48.9 Å². The first-order valence-electron chi connectivity index (χ1n) is 12.6. The Kier molecular flexibility index (Phi) is 8.66. The van der Waals surface area contributed by atoms with Crippen molar-refractivity contribution >= 4 is 23.4 Å². The summed E-state index contributed by atoms with van der Waals surface area (Å²) in [7, 11) is 0. The first kappa shape index (κ1) is 25.1. The number of anilines is 1. The Balaban J connectivity index is 1.33. The molecule has 1 amide bonds. The lowest BCUT2D eigenvalue weighted by atomic mass is 9.87. The molecule has 0 bridgehead atoms. The van der Waals surface area contributed by atoms with E-state index in [0.29, 0.717) is 12.5 Å². The van der Waals surface area contributed by atoms with Crippen molar-refractivity contribution in [3.8, 4) is 0 Å². The number of hydrogen-bond donors (Lipinski definition) is 3. The lowest BCUT2D eigenvalue weighted by Crippen LogP contribution is -2.35. The number of aromatic nitrogens is 1. The highest BCUT2D eigenvalue weighted by Gasteiger charge is 2.22. The van der Waals surface area contributed by atoms with Crippen molar-refractivity contribution in [3.05, 3.63) is 65.6 Å². The van der Waals surface area contributed by atoms with E-state index in [1.807, 2.05) is 37.5 Å². The van der Waals surface area contributed by atoms with Crippen LogP contribution < -0.4 is 10.6 Å². The van der Waals surface area contributed by atoms with E-state index >= 15 is 0 Å². The lowest BCUT2D eigenvalue weighted by molar-refractivity contribution is -0.119. The summed E-state index contributed by atoms with van der Waals surface area (Å²) in [4.78, 5) is 19.6. The Morgan fingerprint density at radius 2 is 1.94 bits per heavy atom. The molecule has 2 unspecified atom stereocenters. The van der Waals surface area contributed by atoms with Gasteiger partial charge in [-0.25, -0.2) is 0 Å². The Morgan fingerprint density at radius 1 is 1.20 bits per heavy atom. The van der Waals surface area contributed by atoms with Crippen LogP contribution in [0.3, 0.4) is 0 Å².